The van der Waals surface area contributed by atoms with Gasteiger partial charge in [-0.05, 0) is 42.9 Å². The number of hydrogen-bond acceptors (Lipinski definition) is 4. The summed E-state index contributed by atoms with van der Waals surface area (Å²) in [4.78, 5) is 0.238. The third kappa shape index (κ3) is 4.18. The van der Waals surface area contributed by atoms with Crippen molar-refractivity contribution in [3.63, 3.8) is 0 Å². The highest BCUT2D eigenvalue weighted by molar-refractivity contribution is 7.89. The highest BCUT2D eigenvalue weighted by atomic mass is 32.2. The molecule has 2 N–H and O–H groups in total. The summed E-state index contributed by atoms with van der Waals surface area (Å²) in [6.07, 6.45) is 3.26. The van der Waals surface area contributed by atoms with E-state index in [4.69, 9.17) is 10.5 Å². The standard InChI is InChI=1S/C15H24N2O3S/c1-3-13-6-7-14(10-15(13)16)21(18,19)17(2)8-9-20-11-12-4-5-12/h6-7,10,12H,3-5,8-9,11,16H2,1-2H3. The van der Waals surface area contributed by atoms with Crippen molar-refractivity contribution in [2.45, 2.75) is 31.1 Å². The Labute approximate surface area is 127 Å². The number of nitrogen functional groups attached to an aromatic ring is 1. The minimum Gasteiger partial charge on any atom is -0.398 e. The lowest BCUT2D eigenvalue weighted by atomic mass is 10.1. The molecule has 0 saturated heterocycles. The normalized spacial score (nSPS) is 15.6. The van der Waals surface area contributed by atoms with Gasteiger partial charge in [-0.1, -0.05) is 13.0 Å². The molecule has 21 heavy (non-hydrogen) atoms. The zero-order valence-corrected chi connectivity index (χ0v) is 13.5. The van der Waals surface area contributed by atoms with Gasteiger partial charge in [0.25, 0.3) is 0 Å². The molecule has 1 aromatic rings. The fourth-order valence-corrected chi connectivity index (χ4v) is 3.27. The van der Waals surface area contributed by atoms with E-state index in [1.54, 1.807) is 19.2 Å². The third-order valence-corrected chi connectivity index (χ3v) is 5.66. The Morgan fingerprint density at radius 3 is 2.67 bits per heavy atom. The van der Waals surface area contributed by atoms with Crippen LogP contribution in [0.25, 0.3) is 0 Å². The van der Waals surface area contributed by atoms with Gasteiger partial charge in [-0.2, -0.15) is 4.31 Å². The van der Waals surface area contributed by atoms with E-state index in [1.807, 2.05) is 6.92 Å². The monoisotopic (exact) mass is 312 g/mol. The highest BCUT2D eigenvalue weighted by Gasteiger charge is 2.23. The van der Waals surface area contributed by atoms with Crippen LogP contribution in [0, 0.1) is 5.92 Å². The Bertz CT molecular complexity index is 583. The van der Waals surface area contributed by atoms with E-state index in [0.717, 1.165) is 18.6 Å². The van der Waals surface area contributed by atoms with Gasteiger partial charge in [0.1, 0.15) is 0 Å². The maximum atomic E-state index is 12.4. The summed E-state index contributed by atoms with van der Waals surface area (Å²) in [7, 11) is -1.93. The molecule has 0 spiro atoms. The van der Waals surface area contributed by atoms with Crippen LogP contribution in [0.2, 0.25) is 0 Å². The first kappa shape index (κ1) is 16.3. The number of aryl methyl sites for hydroxylation is 1. The number of rotatable bonds is 8. The summed E-state index contributed by atoms with van der Waals surface area (Å²) < 4.78 is 31.7. The van der Waals surface area contributed by atoms with E-state index in [9.17, 15) is 8.42 Å². The number of likely N-dealkylation sites (N-methyl/N-ethyl adjacent to an activating group) is 1. The van der Waals surface area contributed by atoms with Crippen LogP contribution in [0.4, 0.5) is 5.69 Å². The predicted molar refractivity (Wildman–Crippen MR) is 83.6 cm³/mol. The summed E-state index contributed by atoms with van der Waals surface area (Å²) in [6, 6.07) is 4.93. The molecule has 0 unspecified atom stereocenters. The molecule has 1 aliphatic rings. The van der Waals surface area contributed by atoms with Gasteiger partial charge in [0.2, 0.25) is 10.0 Å². The highest BCUT2D eigenvalue weighted by Crippen LogP contribution is 2.28. The van der Waals surface area contributed by atoms with Crippen LogP contribution < -0.4 is 5.73 Å². The van der Waals surface area contributed by atoms with E-state index in [-0.39, 0.29) is 4.90 Å². The minimum absolute atomic E-state index is 0.238. The van der Waals surface area contributed by atoms with Crippen LogP contribution >= 0.6 is 0 Å². The van der Waals surface area contributed by atoms with Crippen LogP contribution in [-0.2, 0) is 21.2 Å². The van der Waals surface area contributed by atoms with Gasteiger partial charge < -0.3 is 10.5 Å². The molecule has 0 atom stereocenters. The lowest BCUT2D eigenvalue weighted by Crippen LogP contribution is -2.30. The first-order chi connectivity index (χ1) is 9.95. The largest absolute Gasteiger partial charge is 0.398 e. The Balaban J connectivity index is 1.96. The molecule has 1 aliphatic carbocycles. The number of hydrogen-bond donors (Lipinski definition) is 1. The topological polar surface area (TPSA) is 72.6 Å². The van der Waals surface area contributed by atoms with E-state index in [1.165, 1.54) is 23.2 Å². The average molecular weight is 312 g/mol. The molecule has 1 fully saturated rings. The van der Waals surface area contributed by atoms with Crippen LogP contribution in [0.5, 0.6) is 0 Å². The maximum Gasteiger partial charge on any atom is 0.242 e. The third-order valence-electron chi connectivity index (χ3n) is 3.81. The zero-order chi connectivity index (χ0) is 15.5. The van der Waals surface area contributed by atoms with Crippen molar-refractivity contribution in [1.29, 1.82) is 0 Å². The Hall–Kier alpha value is -1.11. The van der Waals surface area contributed by atoms with E-state index in [0.29, 0.717) is 24.8 Å². The molecule has 2 rings (SSSR count). The Kier molecular flexibility index (Phi) is 5.24. The summed E-state index contributed by atoms with van der Waals surface area (Å²) in [5, 5.41) is 0. The van der Waals surface area contributed by atoms with Crippen LogP contribution in [-0.4, -0.2) is 39.5 Å². The smallest absolute Gasteiger partial charge is 0.242 e. The molecule has 6 heteroatoms. The number of sulfonamides is 1. The lowest BCUT2D eigenvalue weighted by molar-refractivity contribution is 0.117. The molecule has 0 heterocycles. The summed E-state index contributed by atoms with van der Waals surface area (Å²) in [5.41, 5.74) is 7.37. The van der Waals surface area contributed by atoms with Crippen molar-refractivity contribution < 1.29 is 13.2 Å². The second-order valence-electron chi connectivity index (χ2n) is 5.56. The second-order valence-corrected chi connectivity index (χ2v) is 7.60. The van der Waals surface area contributed by atoms with Crippen molar-refractivity contribution in [3.8, 4) is 0 Å². The van der Waals surface area contributed by atoms with Crippen LogP contribution in [0.1, 0.15) is 25.3 Å². The Morgan fingerprint density at radius 1 is 1.38 bits per heavy atom. The van der Waals surface area contributed by atoms with Crippen molar-refractivity contribution >= 4 is 15.7 Å². The lowest BCUT2D eigenvalue weighted by Gasteiger charge is -2.18. The molecule has 118 valence electrons. The fourth-order valence-electron chi connectivity index (χ4n) is 2.08. The number of benzene rings is 1. The molecular formula is C15H24N2O3S. The van der Waals surface area contributed by atoms with Crippen LogP contribution in [0.15, 0.2) is 23.1 Å². The van der Waals surface area contributed by atoms with Gasteiger partial charge in [-0.15, -0.1) is 0 Å². The number of nitrogens with two attached hydrogens (primary N) is 1. The molecule has 1 aromatic carbocycles. The quantitative estimate of drug-likeness (QED) is 0.587. The summed E-state index contributed by atoms with van der Waals surface area (Å²) in [5.74, 6) is 0.688. The minimum atomic E-state index is -3.50. The van der Waals surface area contributed by atoms with Crippen molar-refractivity contribution in [2.24, 2.45) is 5.92 Å². The predicted octanol–water partition coefficient (Wildman–Crippen LogP) is 1.88. The SMILES string of the molecule is CCc1ccc(S(=O)(=O)N(C)CCOCC2CC2)cc1N. The molecule has 0 amide bonds. The molecule has 0 aliphatic heterocycles. The molecule has 5 nitrogen and oxygen atoms in total. The second kappa shape index (κ2) is 6.77. The molecule has 0 bridgehead atoms. The maximum absolute atomic E-state index is 12.4. The Morgan fingerprint density at radius 2 is 2.10 bits per heavy atom. The van der Waals surface area contributed by atoms with Gasteiger partial charge >= 0.3 is 0 Å². The average Bonchev–Trinajstić information content (AvgIpc) is 3.27. The van der Waals surface area contributed by atoms with Gasteiger partial charge in [-0.25, -0.2) is 8.42 Å². The van der Waals surface area contributed by atoms with Gasteiger partial charge in [0.05, 0.1) is 11.5 Å². The summed E-state index contributed by atoms with van der Waals surface area (Å²) in [6.45, 7) is 3.51. The zero-order valence-electron chi connectivity index (χ0n) is 12.7. The number of ether oxygens (including phenoxy) is 1. The van der Waals surface area contributed by atoms with Gasteiger partial charge in [-0.3, -0.25) is 0 Å². The fraction of sp³-hybridized carbons (Fsp3) is 0.600. The van der Waals surface area contributed by atoms with Crippen molar-refractivity contribution in [2.75, 3.05) is 32.5 Å². The molecule has 0 radical (unpaired) electrons. The van der Waals surface area contributed by atoms with E-state index < -0.39 is 10.0 Å². The molecule has 0 aromatic heterocycles. The van der Waals surface area contributed by atoms with Crippen molar-refractivity contribution in [3.05, 3.63) is 23.8 Å². The van der Waals surface area contributed by atoms with Gasteiger partial charge in [0, 0.05) is 25.9 Å². The molecule has 1 saturated carbocycles. The first-order valence-corrected chi connectivity index (χ1v) is 8.81. The summed E-state index contributed by atoms with van der Waals surface area (Å²) >= 11 is 0. The molecular weight excluding hydrogens is 288 g/mol. The number of anilines is 1. The van der Waals surface area contributed by atoms with Gasteiger partial charge in [0.15, 0.2) is 0 Å². The van der Waals surface area contributed by atoms with E-state index >= 15 is 0 Å². The van der Waals surface area contributed by atoms with Crippen LogP contribution in [0.3, 0.4) is 0 Å². The first-order valence-electron chi connectivity index (χ1n) is 7.37. The van der Waals surface area contributed by atoms with Crippen molar-refractivity contribution in [1.82, 2.24) is 4.31 Å². The number of nitrogens with zero attached hydrogens (tertiary/aromatic N) is 1. The van der Waals surface area contributed by atoms with E-state index in [2.05, 4.69) is 0 Å².